The van der Waals surface area contributed by atoms with E-state index in [2.05, 4.69) is 103 Å². The van der Waals surface area contributed by atoms with E-state index >= 15 is 0 Å². The predicted molar refractivity (Wildman–Crippen MR) is 118 cm³/mol. The van der Waals surface area contributed by atoms with Crippen LogP contribution in [0.4, 0.5) is 11.4 Å². The third-order valence-electron chi connectivity index (χ3n) is 5.14. The van der Waals surface area contributed by atoms with Crippen LogP contribution in [-0.2, 0) is 0 Å². The van der Waals surface area contributed by atoms with E-state index in [9.17, 15) is 0 Å². The minimum atomic E-state index is -0.0375. The van der Waals surface area contributed by atoms with Gasteiger partial charge in [0.05, 0.1) is 11.7 Å². The van der Waals surface area contributed by atoms with Crippen LogP contribution in [0.3, 0.4) is 0 Å². The van der Waals surface area contributed by atoms with Gasteiger partial charge < -0.3 is 9.80 Å². The fourth-order valence-electron chi connectivity index (χ4n) is 3.73. The van der Waals surface area contributed by atoms with E-state index in [1.54, 1.807) is 0 Å². The molecule has 0 amide bonds. The third-order valence-corrected chi connectivity index (χ3v) is 5.14. The average Bonchev–Trinajstić information content (AvgIpc) is 3.10. The molecule has 28 heavy (non-hydrogen) atoms. The highest BCUT2D eigenvalue weighted by Crippen LogP contribution is 2.38. The number of anilines is 1. The Labute approximate surface area is 168 Å². The summed E-state index contributed by atoms with van der Waals surface area (Å²) in [7, 11) is 0. The van der Waals surface area contributed by atoms with Crippen LogP contribution >= 0.6 is 0 Å². The molecule has 3 aromatic carbocycles. The van der Waals surface area contributed by atoms with E-state index < -0.39 is 0 Å². The molecule has 3 nitrogen and oxygen atoms in total. The van der Waals surface area contributed by atoms with E-state index in [0.29, 0.717) is 0 Å². The lowest BCUT2D eigenvalue weighted by molar-refractivity contribution is 0.249. The monoisotopic (exact) mass is 369 g/mol. The van der Waals surface area contributed by atoms with Gasteiger partial charge in [0.25, 0.3) is 0 Å². The van der Waals surface area contributed by atoms with Crippen LogP contribution in [0.25, 0.3) is 0 Å². The van der Waals surface area contributed by atoms with Gasteiger partial charge in [-0.3, -0.25) is 0 Å². The van der Waals surface area contributed by atoms with Crippen molar-refractivity contribution >= 4 is 17.3 Å². The van der Waals surface area contributed by atoms with Gasteiger partial charge in [0.1, 0.15) is 0 Å². The maximum atomic E-state index is 5.11. The van der Waals surface area contributed by atoms with Gasteiger partial charge in [0, 0.05) is 17.8 Å². The normalized spacial score (nSPS) is 18.7. The smallest absolute Gasteiger partial charge is 0.207 e. The van der Waals surface area contributed by atoms with E-state index in [-0.39, 0.29) is 11.6 Å². The molecule has 1 aliphatic heterocycles. The van der Waals surface area contributed by atoms with Crippen molar-refractivity contribution in [2.45, 2.75) is 32.4 Å². The highest BCUT2D eigenvalue weighted by molar-refractivity contribution is 6.01. The van der Waals surface area contributed by atoms with Crippen molar-refractivity contribution in [1.29, 1.82) is 0 Å². The van der Waals surface area contributed by atoms with E-state index in [1.165, 1.54) is 5.56 Å². The molecule has 1 heterocycles. The molecular weight excluding hydrogens is 342 g/mol. The molecule has 0 aromatic heterocycles. The minimum absolute atomic E-state index is 0.0375. The summed E-state index contributed by atoms with van der Waals surface area (Å²) >= 11 is 0. The predicted octanol–water partition coefficient (Wildman–Crippen LogP) is 6.04. The summed E-state index contributed by atoms with van der Waals surface area (Å²) < 4.78 is 0. The molecule has 1 saturated heterocycles. The Hall–Kier alpha value is -3.07. The quantitative estimate of drug-likeness (QED) is 0.561. The topological polar surface area (TPSA) is 18.8 Å². The first kappa shape index (κ1) is 18.3. The Morgan fingerprint density at radius 3 is 1.86 bits per heavy atom. The van der Waals surface area contributed by atoms with Crippen LogP contribution in [0.2, 0.25) is 0 Å². The fraction of sp³-hybridized carbons (Fsp3) is 0.240. The lowest BCUT2D eigenvalue weighted by atomic mass is 10.0. The van der Waals surface area contributed by atoms with Crippen LogP contribution in [0.15, 0.2) is 96.0 Å². The number of nitrogens with zero attached hydrogens (tertiary/aromatic N) is 3. The fourth-order valence-corrected chi connectivity index (χ4v) is 3.73. The molecular formula is C25H27N3. The van der Waals surface area contributed by atoms with E-state index in [1.807, 2.05) is 18.2 Å². The van der Waals surface area contributed by atoms with E-state index in [4.69, 9.17) is 4.99 Å². The summed E-state index contributed by atoms with van der Waals surface area (Å²) in [5.74, 6) is 0.999. The van der Waals surface area contributed by atoms with Crippen molar-refractivity contribution in [3.63, 3.8) is 0 Å². The highest BCUT2D eigenvalue weighted by atomic mass is 15.5. The van der Waals surface area contributed by atoms with Crippen molar-refractivity contribution in [3.05, 3.63) is 96.6 Å². The molecule has 0 bridgehead atoms. The first-order valence-electron chi connectivity index (χ1n) is 9.85. The molecule has 142 valence electrons. The molecule has 4 rings (SSSR count). The van der Waals surface area contributed by atoms with Crippen molar-refractivity contribution < 1.29 is 0 Å². The lowest BCUT2D eigenvalue weighted by Gasteiger charge is -2.34. The molecule has 0 N–H and O–H groups in total. The molecule has 3 aromatic rings. The number of hydrogen-bond donors (Lipinski definition) is 0. The molecule has 0 radical (unpaired) electrons. The standard InChI is InChI=1S/C25H27N3/c1-25(2,3)27-19-23(20-13-7-4-8-14-20)28(22-17-11-6-12-18-22)24(27)26-21-15-9-5-10-16-21/h4-18,23H,19H2,1-3H3/t23-/m1/s1. The summed E-state index contributed by atoms with van der Waals surface area (Å²) in [6.07, 6.45) is 0. The number of para-hydroxylation sites is 2. The Kier molecular flexibility index (Phi) is 4.91. The second-order valence-electron chi connectivity index (χ2n) is 8.16. The average molecular weight is 370 g/mol. The number of aliphatic imine (C=N–C) groups is 1. The maximum absolute atomic E-state index is 5.11. The van der Waals surface area contributed by atoms with Gasteiger partial charge in [-0.25, -0.2) is 4.99 Å². The Balaban J connectivity index is 1.88. The molecule has 3 heteroatoms. The number of guanidine groups is 1. The Bertz CT molecular complexity index is 928. The number of benzene rings is 3. The molecule has 0 spiro atoms. The zero-order valence-corrected chi connectivity index (χ0v) is 16.8. The second kappa shape index (κ2) is 7.51. The summed E-state index contributed by atoms with van der Waals surface area (Å²) in [6.45, 7) is 7.66. The van der Waals surface area contributed by atoms with Crippen LogP contribution in [-0.4, -0.2) is 22.9 Å². The first-order chi connectivity index (χ1) is 13.5. The van der Waals surface area contributed by atoms with Crippen molar-refractivity contribution in [2.24, 2.45) is 4.99 Å². The molecule has 1 fully saturated rings. The SMILES string of the molecule is CC(C)(C)N1C[C@H](c2ccccc2)N(c2ccccc2)C1=Nc1ccccc1. The largest absolute Gasteiger partial charge is 0.335 e. The Morgan fingerprint density at radius 1 is 0.750 bits per heavy atom. The van der Waals surface area contributed by atoms with Gasteiger partial charge in [0.15, 0.2) is 0 Å². The summed E-state index contributed by atoms with van der Waals surface area (Å²) in [5.41, 5.74) is 3.41. The van der Waals surface area contributed by atoms with Gasteiger partial charge in [0.2, 0.25) is 5.96 Å². The van der Waals surface area contributed by atoms with Crippen LogP contribution in [0.5, 0.6) is 0 Å². The molecule has 0 aliphatic carbocycles. The molecule has 1 atom stereocenters. The highest BCUT2D eigenvalue weighted by Gasteiger charge is 2.41. The third kappa shape index (κ3) is 3.65. The summed E-state index contributed by atoms with van der Waals surface area (Å²) in [4.78, 5) is 9.91. The molecule has 0 unspecified atom stereocenters. The Morgan fingerprint density at radius 2 is 1.29 bits per heavy atom. The van der Waals surface area contributed by atoms with Gasteiger partial charge in [-0.2, -0.15) is 0 Å². The van der Waals surface area contributed by atoms with E-state index in [0.717, 1.165) is 23.9 Å². The van der Waals surface area contributed by atoms with Crippen LogP contribution < -0.4 is 4.90 Å². The zero-order chi connectivity index (χ0) is 19.6. The van der Waals surface area contributed by atoms with Crippen molar-refractivity contribution in [3.8, 4) is 0 Å². The van der Waals surface area contributed by atoms with Crippen LogP contribution in [0.1, 0.15) is 32.4 Å². The summed E-state index contributed by atoms with van der Waals surface area (Å²) in [6, 6.07) is 31.8. The van der Waals surface area contributed by atoms with Crippen molar-refractivity contribution in [1.82, 2.24) is 4.90 Å². The second-order valence-corrected chi connectivity index (χ2v) is 8.16. The van der Waals surface area contributed by atoms with Gasteiger partial charge in [-0.05, 0) is 50.6 Å². The number of hydrogen-bond acceptors (Lipinski definition) is 1. The van der Waals surface area contributed by atoms with Gasteiger partial charge in [-0.1, -0.05) is 66.7 Å². The molecule has 0 saturated carbocycles. The molecule has 1 aliphatic rings. The van der Waals surface area contributed by atoms with Gasteiger partial charge >= 0.3 is 0 Å². The zero-order valence-electron chi connectivity index (χ0n) is 16.8. The van der Waals surface area contributed by atoms with Crippen molar-refractivity contribution in [2.75, 3.05) is 11.4 Å². The first-order valence-corrected chi connectivity index (χ1v) is 9.85. The summed E-state index contributed by atoms with van der Waals surface area (Å²) in [5, 5.41) is 0. The van der Waals surface area contributed by atoms with Crippen LogP contribution in [0, 0.1) is 0 Å². The lowest BCUT2D eigenvalue weighted by Crippen LogP contribution is -2.45. The maximum Gasteiger partial charge on any atom is 0.207 e. The van der Waals surface area contributed by atoms with Gasteiger partial charge in [-0.15, -0.1) is 0 Å². The number of rotatable bonds is 3. The minimum Gasteiger partial charge on any atom is -0.335 e.